The Morgan fingerprint density at radius 1 is 1.53 bits per heavy atom. The van der Waals surface area contributed by atoms with Crippen molar-refractivity contribution < 1.29 is 26.7 Å². The van der Waals surface area contributed by atoms with Crippen molar-refractivity contribution in [3.63, 3.8) is 0 Å². The normalized spacial score (nSPS) is 13.2. The summed E-state index contributed by atoms with van der Waals surface area (Å²) in [5, 5.41) is 8.17. The van der Waals surface area contributed by atoms with Gasteiger partial charge in [-0.2, -0.15) is 17.5 Å². The zero-order valence-electron chi connectivity index (χ0n) is 9.92. The topological polar surface area (TPSA) is 101 Å². The van der Waals surface area contributed by atoms with E-state index in [2.05, 4.69) is 4.98 Å². The number of nitrogen functional groups attached to an aromatic ring is 1. The van der Waals surface area contributed by atoms with Gasteiger partial charge in [-0.05, 0) is 0 Å². The van der Waals surface area contributed by atoms with Gasteiger partial charge in [-0.15, -0.1) is 0 Å². The molecule has 1 heterocycles. The number of nitrogens with zero attached hydrogens (tertiary/aromatic N) is 3. The highest BCUT2D eigenvalue weighted by Gasteiger charge is 2.38. The largest absolute Gasteiger partial charge is 0.402 e. The van der Waals surface area contributed by atoms with Gasteiger partial charge in [-0.25, -0.2) is 13.4 Å². The second-order valence-corrected chi connectivity index (χ2v) is 5.58. The average Bonchev–Trinajstić information content (AvgIpc) is 2.56. The van der Waals surface area contributed by atoms with E-state index in [-0.39, 0.29) is 4.31 Å². The number of hydrogen-bond donors (Lipinski definition) is 2. The number of aliphatic hydroxyl groups is 1. The van der Waals surface area contributed by atoms with Crippen LogP contribution in [0.15, 0.2) is 11.4 Å². The van der Waals surface area contributed by atoms with Crippen LogP contribution in [0.5, 0.6) is 0 Å². The SMILES string of the molecule is Cn1cnc(N)c1S(=O)(=O)N(CCO)CC(F)(F)F. The molecule has 7 nitrogen and oxygen atoms in total. The first kappa shape index (κ1) is 15.7. The van der Waals surface area contributed by atoms with E-state index in [1.54, 1.807) is 0 Å². The van der Waals surface area contributed by atoms with E-state index >= 15 is 0 Å². The van der Waals surface area contributed by atoms with Crippen LogP contribution < -0.4 is 5.73 Å². The van der Waals surface area contributed by atoms with Gasteiger partial charge in [0.25, 0.3) is 10.0 Å². The monoisotopic (exact) mass is 302 g/mol. The molecule has 3 N–H and O–H groups in total. The molecule has 0 aliphatic carbocycles. The predicted molar refractivity (Wildman–Crippen MR) is 59.5 cm³/mol. The van der Waals surface area contributed by atoms with E-state index in [0.29, 0.717) is 0 Å². The summed E-state index contributed by atoms with van der Waals surface area (Å²) in [5.74, 6) is -0.396. The fourth-order valence-corrected chi connectivity index (χ4v) is 3.08. The smallest absolute Gasteiger partial charge is 0.395 e. The van der Waals surface area contributed by atoms with Gasteiger partial charge in [-0.1, -0.05) is 0 Å². The first-order chi connectivity index (χ1) is 8.59. The van der Waals surface area contributed by atoms with Gasteiger partial charge in [-0.3, -0.25) is 0 Å². The molecular formula is C8H13F3N4O3S. The Bertz CT molecular complexity index is 520. The minimum absolute atomic E-state index is 0.111. The van der Waals surface area contributed by atoms with E-state index in [9.17, 15) is 21.6 Å². The molecule has 0 aliphatic heterocycles. The molecule has 0 saturated heterocycles. The summed E-state index contributed by atoms with van der Waals surface area (Å²) in [4.78, 5) is 3.51. The average molecular weight is 302 g/mol. The lowest BCUT2D eigenvalue weighted by atomic mass is 10.6. The van der Waals surface area contributed by atoms with E-state index < -0.39 is 46.7 Å². The maximum atomic E-state index is 12.4. The standard InChI is InChI=1S/C8H13F3N4O3S/c1-14-5-13-6(12)7(14)19(17,18)15(2-3-16)4-8(9,10)11/h5,16H,2-4,12H2,1H3. The fourth-order valence-electron chi connectivity index (χ4n) is 1.47. The highest BCUT2D eigenvalue weighted by atomic mass is 32.2. The predicted octanol–water partition coefficient (Wildman–Crippen LogP) is -0.452. The number of sulfonamides is 1. The van der Waals surface area contributed by atoms with Gasteiger partial charge in [0, 0.05) is 13.6 Å². The zero-order valence-corrected chi connectivity index (χ0v) is 10.7. The lowest BCUT2D eigenvalue weighted by Crippen LogP contribution is -2.41. The molecule has 1 aromatic heterocycles. The molecule has 19 heavy (non-hydrogen) atoms. The number of alkyl halides is 3. The number of anilines is 1. The summed E-state index contributed by atoms with van der Waals surface area (Å²) in [5.41, 5.74) is 5.34. The molecule has 0 radical (unpaired) electrons. The van der Waals surface area contributed by atoms with Crippen molar-refractivity contribution in [1.29, 1.82) is 0 Å². The summed E-state index contributed by atoms with van der Waals surface area (Å²) >= 11 is 0. The van der Waals surface area contributed by atoms with E-state index in [1.807, 2.05) is 0 Å². The third-order valence-corrected chi connectivity index (χ3v) is 4.18. The molecule has 0 amide bonds. The number of aliphatic hydroxyl groups excluding tert-OH is 1. The van der Waals surface area contributed by atoms with Crippen LogP contribution >= 0.6 is 0 Å². The Hall–Kier alpha value is -1.33. The van der Waals surface area contributed by atoms with Crippen LogP contribution in [0.2, 0.25) is 0 Å². The third kappa shape index (κ3) is 3.58. The molecule has 0 spiro atoms. The van der Waals surface area contributed by atoms with E-state index in [1.165, 1.54) is 7.05 Å². The molecule has 0 bridgehead atoms. The Labute approximate surface area is 107 Å². The van der Waals surface area contributed by atoms with Crippen molar-refractivity contribution in [3.8, 4) is 0 Å². The highest BCUT2D eigenvalue weighted by molar-refractivity contribution is 7.89. The number of aromatic nitrogens is 2. The molecule has 0 fully saturated rings. The van der Waals surface area contributed by atoms with Gasteiger partial charge in [0.1, 0.15) is 6.54 Å². The summed E-state index contributed by atoms with van der Waals surface area (Å²) in [6, 6.07) is 0. The number of imidazole rings is 1. The van der Waals surface area contributed by atoms with Crippen LogP contribution in [0.25, 0.3) is 0 Å². The third-order valence-electron chi connectivity index (χ3n) is 2.20. The minimum Gasteiger partial charge on any atom is -0.395 e. The van der Waals surface area contributed by atoms with Crippen LogP contribution in [-0.2, 0) is 17.1 Å². The van der Waals surface area contributed by atoms with E-state index in [4.69, 9.17) is 10.8 Å². The number of hydrogen-bond acceptors (Lipinski definition) is 5. The molecule has 0 saturated carbocycles. The Morgan fingerprint density at radius 3 is 2.47 bits per heavy atom. The quantitative estimate of drug-likeness (QED) is 0.767. The summed E-state index contributed by atoms with van der Waals surface area (Å²) in [6.07, 6.45) is -3.65. The van der Waals surface area contributed by atoms with Crippen molar-refractivity contribution >= 4 is 15.8 Å². The Kier molecular flexibility index (Phi) is 4.43. The van der Waals surface area contributed by atoms with Crippen LogP contribution in [0.1, 0.15) is 0 Å². The fraction of sp³-hybridized carbons (Fsp3) is 0.625. The lowest BCUT2D eigenvalue weighted by Gasteiger charge is -2.22. The van der Waals surface area contributed by atoms with Crippen LogP contribution in [-0.4, -0.2) is 53.3 Å². The molecule has 11 heteroatoms. The number of halogens is 3. The van der Waals surface area contributed by atoms with Crippen molar-refractivity contribution in [2.45, 2.75) is 11.2 Å². The summed E-state index contributed by atoms with van der Waals surface area (Å²) in [6.45, 7) is -3.14. The molecule has 1 rings (SSSR count). The van der Waals surface area contributed by atoms with Gasteiger partial charge >= 0.3 is 6.18 Å². The number of aryl methyl sites for hydroxylation is 1. The van der Waals surface area contributed by atoms with Gasteiger partial charge < -0.3 is 15.4 Å². The summed E-state index contributed by atoms with van der Waals surface area (Å²) < 4.78 is 62.4. The number of nitrogens with two attached hydrogens (primary N) is 1. The molecule has 0 aliphatic rings. The second kappa shape index (κ2) is 5.35. The van der Waals surface area contributed by atoms with Gasteiger partial charge in [0.05, 0.1) is 12.9 Å². The minimum atomic E-state index is -4.73. The second-order valence-electron chi connectivity index (χ2n) is 3.72. The first-order valence-electron chi connectivity index (χ1n) is 5.04. The Morgan fingerprint density at radius 2 is 2.11 bits per heavy atom. The van der Waals surface area contributed by atoms with Crippen molar-refractivity contribution in [1.82, 2.24) is 13.9 Å². The Balaban J connectivity index is 3.21. The zero-order chi connectivity index (χ0) is 14.8. The highest BCUT2D eigenvalue weighted by Crippen LogP contribution is 2.24. The lowest BCUT2D eigenvalue weighted by molar-refractivity contribution is -0.136. The molecule has 1 aromatic rings. The molecule has 110 valence electrons. The van der Waals surface area contributed by atoms with Crippen LogP contribution in [0.4, 0.5) is 19.0 Å². The van der Waals surface area contributed by atoms with Crippen molar-refractivity contribution in [3.05, 3.63) is 6.33 Å². The van der Waals surface area contributed by atoms with Crippen molar-refractivity contribution in [2.75, 3.05) is 25.4 Å². The van der Waals surface area contributed by atoms with Gasteiger partial charge in [0.15, 0.2) is 10.8 Å². The maximum absolute atomic E-state index is 12.4. The maximum Gasteiger partial charge on any atom is 0.402 e. The molecule has 0 aromatic carbocycles. The summed E-state index contributed by atoms with van der Waals surface area (Å²) in [7, 11) is -3.19. The molecular weight excluding hydrogens is 289 g/mol. The molecule has 0 atom stereocenters. The van der Waals surface area contributed by atoms with E-state index in [0.717, 1.165) is 10.9 Å². The van der Waals surface area contributed by atoms with Crippen LogP contribution in [0.3, 0.4) is 0 Å². The molecule has 0 unspecified atom stereocenters. The van der Waals surface area contributed by atoms with Crippen LogP contribution in [0, 0.1) is 0 Å². The number of rotatable bonds is 5. The van der Waals surface area contributed by atoms with Gasteiger partial charge in [0.2, 0.25) is 0 Å². The first-order valence-corrected chi connectivity index (χ1v) is 6.48. The van der Waals surface area contributed by atoms with Crippen molar-refractivity contribution in [2.24, 2.45) is 7.05 Å².